The van der Waals surface area contributed by atoms with Crippen LogP contribution in [0.2, 0.25) is 0 Å². The molecule has 1 aromatic rings. The lowest BCUT2D eigenvalue weighted by atomic mass is 9.90. The molecule has 1 aromatic carbocycles. The minimum absolute atomic E-state index is 0.155. The van der Waals surface area contributed by atoms with Gasteiger partial charge in [-0.15, -0.1) is 0 Å². The Morgan fingerprint density at radius 2 is 2.04 bits per heavy atom. The van der Waals surface area contributed by atoms with Crippen LogP contribution < -0.4 is 4.72 Å². The number of nitrogens with one attached hydrogen (secondary N) is 1. The maximum Gasteiger partial charge on any atom is 0.516 e. The lowest BCUT2D eigenvalue weighted by molar-refractivity contribution is -0.0429. The van der Waals surface area contributed by atoms with Crippen molar-refractivity contribution in [1.82, 2.24) is 4.90 Å². The van der Waals surface area contributed by atoms with Gasteiger partial charge in [-0.05, 0) is 37.0 Å². The smallest absolute Gasteiger partial charge is 0.465 e. The second-order valence-corrected chi connectivity index (χ2v) is 7.37. The molecule has 1 saturated heterocycles. The number of hydrogen-bond donors (Lipinski definition) is 2. The monoisotopic (exact) mass is 366 g/mol. The van der Waals surface area contributed by atoms with Crippen LogP contribution in [0.3, 0.4) is 0 Å². The zero-order valence-corrected chi connectivity index (χ0v) is 13.6. The summed E-state index contributed by atoms with van der Waals surface area (Å²) in [5.41, 5.74) is -4.61. The lowest BCUT2D eigenvalue weighted by Gasteiger charge is -2.31. The van der Waals surface area contributed by atoms with Gasteiger partial charge in [0.15, 0.2) is 0 Å². The molecule has 0 aromatic heterocycles. The van der Waals surface area contributed by atoms with Crippen molar-refractivity contribution < 1.29 is 31.5 Å². The molecule has 24 heavy (non-hydrogen) atoms. The van der Waals surface area contributed by atoms with Gasteiger partial charge in [-0.25, -0.2) is 4.79 Å². The van der Waals surface area contributed by atoms with E-state index in [-0.39, 0.29) is 18.2 Å². The molecule has 1 fully saturated rings. The van der Waals surface area contributed by atoms with Crippen LogP contribution in [0.15, 0.2) is 18.2 Å². The highest BCUT2D eigenvalue weighted by atomic mass is 32.2. The summed E-state index contributed by atoms with van der Waals surface area (Å²) >= 11 is 0. The second-order valence-electron chi connectivity index (χ2n) is 5.69. The molecule has 1 aliphatic rings. The Morgan fingerprint density at radius 3 is 2.62 bits per heavy atom. The van der Waals surface area contributed by atoms with Crippen molar-refractivity contribution in [3.05, 3.63) is 29.3 Å². The van der Waals surface area contributed by atoms with Crippen LogP contribution in [0.25, 0.3) is 0 Å². The number of alkyl halides is 3. The van der Waals surface area contributed by atoms with E-state index in [4.69, 9.17) is 5.11 Å². The van der Waals surface area contributed by atoms with Gasteiger partial charge in [0, 0.05) is 19.0 Å². The van der Waals surface area contributed by atoms with E-state index in [1.165, 1.54) is 24.0 Å². The molecule has 2 rings (SSSR count). The van der Waals surface area contributed by atoms with Crippen LogP contribution in [0.4, 0.5) is 23.7 Å². The van der Waals surface area contributed by atoms with E-state index in [0.29, 0.717) is 30.5 Å². The number of amides is 1. The Morgan fingerprint density at radius 1 is 1.38 bits per heavy atom. The number of carbonyl (C=O) groups is 1. The molecule has 1 aliphatic heterocycles. The minimum atomic E-state index is -5.50. The molecular formula is C14H17F3N2O4S. The average Bonchev–Trinajstić information content (AvgIpc) is 2.48. The Balaban J connectivity index is 2.27. The number of likely N-dealkylation sites (tertiary alicyclic amines) is 1. The summed E-state index contributed by atoms with van der Waals surface area (Å²) in [6, 6.07) is 4.54. The second kappa shape index (κ2) is 6.50. The zero-order chi connectivity index (χ0) is 18.1. The first kappa shape index (κ1) is 18.4. The molecule has 0 saturated carbocycles. The molecule has 0 spiro atoms. The molecule has 10 heteroatoms. The van der Waals surface area contributed by atoms with Crippen molar-refractivity contribution in [3.63, 3.8) is 0 Å². The first-order valence-electron chi connectivity index (χ1n) is 7.19. The van der Waals surface area contributed by atoms with Gasteiger partial charge in [0.1, 0.15) is 0 Å². The number of aryl methyl sites for hydroxylation is 1. The third kappa shape index (κ3) is 3.92. The number of anilines is 1. The van der Waals surface area contributed by atoms with Crippen LogP contribution in [0.1, 0.15) is 29.9 Å². The zero-order valence-electron chi connectivity index (χ0n) is 12.8. The fourth-order valence-corrected chi connectivity index (χ4v) is 3.25. The number of carboxylic acid groups (broad SMARTS) is 1. The number of benzene rings is 1. The molecule has 1 atom stereocenters. The number of hydrogen-bond acceptors (Lipinski definition) is 3. The van der Waals surface area contributed by atoms with Crippen LogP contribution in [-0.2, 0) is 10.0 Å². The van der Waals surface area contributed by atoms with E-state index >= 15 is 0 Å². The normalized spacial score (nSPS) is 19.2. The van der Waals surface area contributed by atoms with Gasteiger partial charge in [0.2, 0.25) is 0 Å². The van der Waals surface area contributed by atoms with Crippen LogP contribution in [0, 0.1) is 6.92 Å². The maximum atomic E-state index is 12.5. The summed E-state index contributed by atoms with van der Waals surface area (Å²) in [6.07, 6.45) is 0.261. The van der Waals surface area contributed by atoms with Crippen molar-refractivity contribution >= 4 is 21.8 Å². The molecule has 1 unspecified atom stereocenters. The van der Waals surface area contributed by atoms with E-state index in [1.807, 2.05) is 0 Å². The third-order valence-electron chi connectivity index (χ3n) is 3.97. The van der Waals surface area contributed by atoms with Gasteiger partial charge < -0.3 is 10.0 Å². The van der Waals surface area contributed by atoms with Crippen molar-refractivity contribution in [1.29, 1.82) is 0 Å². The van der Waals surface area contributed by atoms with Crippen LogP contribution >= 0.6 is 0 Å². The maximum absolute atomic E-state index is 12.5. The molecule has 1 amide bonds. The van der Waals surface area contributed by atoms with Gasteiger partial charge in [-0.2, -0.15) is 21.6 Å². The Hall–Kier alpha value is -1.97. The lowest BCUT2D eigenvalue weighted by Crippen LogP contribution is -2.38. The van der Waals surface area contributed by atoms with E-state index < -0.39 is 21.6 Å². The van der Waals surface area contributed by atoms with Crippen LogP contribution in [-0.4, -0.2) is 43.1 Å². The van der Waals surface area contributed by atoms with Gasteiger partial charge in [0.25, 0.3) is 0 Å². The van der Waals surface area contributed by atoms with E-state index in [0.717, 1.165) is 0 Å². The molecule has 134 valence electrons. The number of sulfonamides is 1. The van der Waals surface area contributed by atoms with E-state index in [2.05, 4.69) is 0 Å². The van der Waals surface area contributed by atoms with Crippen molar-refractivity contribution in [3.8, 4) is 0 Å². The van der Waals surface area contributed by atoms with Gasteiger partial charge in [-0.3, -0.25) is 4.72 Å². The highest BCUT2D eigenvalue weighted by Crippen LogP contribution is 2.32. The van der Waals surface area contributed by atoms with E-state index in [9.17, 15) is 26.4 Å². The van der Waals surface area contributed by atoms with Crippen molar-refractivity contribution in [2.45, 2.75) is 31.2 Å². The molecular weight excluding hydrogens is 349 g/mol. The first-order valence-corrected chi connectivity index (χ1v) is 8.67. The fraction of sp³-hybridized carbons (Fsp3) is 0.500. The molecule has 0 aliphatic carbocycles. The van der Waals surface area contributed by atoms with Crippen molar-refractivity contribution in [2.24, 2.45) is 0 Å². The first-order chi connectivity index (χ1) is 11.0. The number of halogens is 3. The predicted molar refractivity (Wildman–Crippen MR) is 81.3 cm³/mol. The summed E-state index contributed by atoms with van der Waals surface area (Å²) in [6.45, 7) is 2.12. The van der Waals surface area contributed by atoms with Gasteiger partial charge in [0.05, 0.1) is 5.69 Å². The van der Waals surface area contributed by atoms with Crippen molar-refractivity contribution in [2.75, 3.05) is 17.8 Å². The molecule has 1 heterocycles. The van der Waals surface area contributed by atoms with Crippen LogP contribution in [0.5, 0.6) is 0 Å². The Bertz CT molecular complexity index is 734. The number of piperidine rings is 1. The molecule has 0 bridgehead atoms. The fourth-order valence-electron chi connectivity index (χ4n) is 2.63. The van der Waals surface area contributed by atoms with Gasteiger partial charge in [-0.1, -0.05) is 12.1 Å². The SMILES string of the molecule is Cc1ccc(C2CCCN(C(=O)O)C2)cc1NS(=O)(=O)C(F)(F)F. The molecule has 2 N–H and O–H groups in total. The summed E-state index contributed by atoms with van der Waals surface area (Å²) in [5.74, 6) is -0.190. The third-order valence-corrected chi connectivity index (χ3v) is 5.07. The number of nitrogens with zero attached hydrogens (tertiary/aromatic N) is 1. The number of rotatable bonds is 3. The van der Waals surface area contributed by atoms with Gasteiger partial charge >= 0.3 is 21.6 Å². The highest BCUT2D eigenvalue weighted by Gasteiger charge is 2.46. The molecule has 0 radical (unpaired) electrons. The Kier molecular flexibility index (Phi) is 4.97. The van der Waals surface area contributed by atoms with E-state index in [1.54, 1.807) is 10.8 Å². The minimum Gasteiger partial charge on any atom is -0.465 e. The summed E-state index contributed by atoms with van der Waals surface area (Å²) in [4.78, 5) is 12.3. The summed E-state index contributed by atoms with van der Waals surface area (Å²) in [7, 11) is -5.50. The topological polar surface area (TPSA) is 86.7 Å². The predicted octanol–water partition coefficient (Wildman–Crippen LogP) is 3.11. The quantitative estimate of drug-likeness (QED) is 0.861. The summed E-state index contributed by atoms with van der Waals surface area (Å²) < 4.78 is 61.7. The highest BCUT2D eigenvalue weighted by molar-refractivity contribution is 7.93. The standard InChI is InChI=1S/C14H17F3N2O4S/c1-9-4-5-10(11-3-2-6-19(8-11)13(20)21)7-12(9)18-24(22,23)14(15,16)17/h4-5,7,11,18H,2-3,6,8H2,1H3,(H,20,21). The molecule has 6 nitrogen and oxygen atoms in total. The Labute approximate surface area is 137 Å². The average molecular weight is 366 g/mol. The summed E-state index contributed by atoms with van der Waals surface area (Å²) in [5, 5.41) is 9.05. The largest absolute Gasteiger partial charge is 0.516 e.